The summed E-state index contributed by atoms with van der Waals surface area (Å²) in [7, 11) is 0. The molecule has 0 saturated carbocycles. The average molecular weight is 506 g/mol. The van der Waals surface area contributed by atoms with E-state index < -0.39 is 0 Å². The van der Waals surface area contributed by atoms with Crippen LogP contribution in [0.2, 0.25) is 0 Å². The lowest BCUT2D eigenvalue weighted by atomic mass is 10.1. The monoisotopic (exact) mass is 505 g/mol. The Labute approximate surface area is 214 Å². The molecule has 0 radical (unpaired) electrons. The van der Waals surface area contributed by atoms with Crippen LogP contribution in [-0.2, 0) is 6.54 Å². The van der Waals surface area contributed by atoms with Gasteiger partial charge in [-0.05, 0) is 37.0 Å². The number of Topliss-reactive ketones (excluding diaryl/α,β-unsaturated/α-hetero) is 1. The van der Waals surface area contributed by atoms with Crippen molar-refractivity contribution >= 4 is 40.1 Å². The van der Waals surface area contributed by atoms with Crippen LogP contribution >= 0.6 is 11.8 Å². The topological polar surface area (TPSA) is 98.4 Å². The summed E-state index contributed by atoms with van der Waals surface area (Å²) in [4.78, 5) is 38.9. The predicted molar refractivity (Wildman–Crippen MR) is 143 cm³/mol. The lowest BCUT2D eigenvalue weighted by molar-refractivity contribution is 0.0948. The van der Waals surface area contributed by atoms with E-state index in [1.807, 2.05) is 58.9 Å². The van der Waals surface area contributed by atoms with Crippen LogP contribution in [0.4, 0.5) is 0 Å². The first kappa shape index (κ1) is 25.6. The number of nitrogens with zero attached hydrogens (tertiary/aromatic N) is 4. The van der Waals surface area contributed by atoms with Gasteiger partial charge in [0.15, 0.2) is 10.9 Å². The summed E-state index contributed by atoms with van der Waals surface area (Å²) in [5.74, 6) is 0.860. The van der Waals surface area contributed by atoms with E-state index in [-0.39, 0.29) is 28.9 Å². The normalized spacial score (nSPS) is 11.6. The predicted octanol–water partition coefficient (Wildman–Crippen LogP) is 4.37. The van der Waals surface area contributed by atoms with Crippen molar-refractivity contribution in [3.8, 4) is 0 Å². The Morgan fingerprint density at radius 2 is 1.67 bits per heavy atom. The minimum Gasteiger partial charge on any atom is -0.352 e. The van der Waals surface area contributed by atoms with E-state index in [2.05, 4.69) is 15.5 Å². The number of aromatic nitrogens is 4. The zero-order chi connectivity index (χ0) is 26.0. The van der Waals surface area contributed by atoms with E-state index in [0.29, 0.717) is 52.0 Å². The lowest BCUT2D eigenvalue weighted by Crippen LogP contribution is -2.28. The summed E-state index contributed by atoms with van der Waals surface area (Å²) in [5.41, 5.74) is 2.53. The number of carbonyl (C=O) groups is 2. The van der Waals surface area contributed by atoms with Gasteiger partial charge in [-0.15, -0.1) is 10.2 Å². The van der Waals surface area contributed by atoms with Gasteiger partial charge in [-0.25, -0.2) is 0 Å². The van der Waals surface area contributed by atoms with Gasteiger partial charge in [-0.1, -0.05) is 69.3 Å². The molecule has 4 rings (SSSR count). The minimum absolute atomic E-state index is 0.0229. The lowest BCUT2D eigenvalue weighted by Gasteiger charge is -2.14. The molecule has 0 bridgehead atoms. The quantitative estimate of drug-likeness (QED) is 0.268. The Morgan fingerprint density at radius 3 is 2.33 bits per heavy atom. The highest BCUT2D eigenvalue weighted by molar-refractivity contribution is 7.99. The van der Waals surface area contributed by atoms with Gasteiger partial charge in [-0.2, -0.15) is 0 Å². The second kappa shape index (κ2) is 10.7. The Bertz CT molecular complexity index is 1490. The number of fused-ring (bicyclic) bond motifs is 3. The maximum atomic E-state index is 13.4. The Kier molecular flexibility index (Phi) is 7.59. The van der Waals surface area contributed by atoms with Crippen LogP contribution in [0, 0.1) is 18.8 Å². The summed E-state index contributed by atoms with van der Waals surface area (Å²) in [6.07, 6.45) is 0. The number of nitrogens with one attached hydrogen (secondary N) is 1. The summed E-state index contributed by atoms with van der Waals surface area (Å²) >= 11 is 1.26. The molecule has 188 valence electrons. The van der Waals surface area contributed by atoms with E-state index in [0.717, 1.165) is 5.56 Å². The Balaban J connectivity index is 1.79. The summed E-state index contributed by atoms with van der Waals surface area (Å²) in [6.45, 7) is 11.1. The third kappa shape index (κ3) is 5.36. The molecule has 36 heavy (non-hydrogen) atoms. The van der Waals surface area contributed by atoms with Crippen molar-refractivity contribution < 1.29 is 9.59 Å². The fraction of sp³-hybridized carbons (Fsp3) is 0.370. The number of rotatable bonds is 9. The smallest absolute Gasteiger partial charge is 0.262 e. The molecule has 0 atom stereocenters. The molecule has 0 aliphatic rings. The van der Waals surface area contributed by atoms with Crippen LogP contribution < -0.4 is 10.9 Å². The zero-order valence-electron chi connectivity index (χ0n) is 21.2. The van der Waals surface area contributed by atoms with Crippen LogP contribution in [0.3, 0.4) is 0 Å². The molecule has 0 unspecified atom stereocenters. The Hall–Kier alpha value is -3.46. The van der Waals surface area contributed by atoms with Gasteiger partial charge in [0.1, 0.15) is 0 Å². The van der Waals surface area contributed by atoms with Crippen LogP contribution in [-0.4, -0.2) is 43.2 Å². The molecule has 0 aliphatic heterocycles. The standard InChI is InChI=1S/C27H31N5O3S/c1-16(2)13-28-24(34)20-10-11-21-22(12-20)32-26(31(25(21)35)14-17(3)4)29-30-27(32)36-15-23(33)19-8-6-18(5)7-9-19/h6-12,16-17H,13-15H2,1-5H3,(H,28,34). The number of thioether (sulfide) groups is 1. The maximum Gasteiger partial charge on any atom is 0.262 e. The molecule has 4 aromatic rings. The first-order chi connectivity index (χ1) is 17.2. The highest BCUT2D eigenvalue weighted by Gasteiger charge is 2.20. The summed E-state index contributed by atoms with van der Waals surface area (Å²) in [6, 6.07) is 12.5. The van der Waals surface area contributed by atoms with Crippen molar-refractivity contribution in [2.24, 2.45) is 11.8 Å². The molecule has 2 aromatic carbocycles. The summed E-state index contributed by atoms with van der Waals surface area (Å²) < 4.78 is 3.40. The molecule has 2 aromatic heterocycles. The molecule has 1 N–H and O–H groups in total. The number of amides is 1. The molecule has 8 nitrogen and oxygen atoms in total. The van der Waals surface area contributed by atoms with Crippen LogP contribution in [0.5, 0.6) is 0 Å². The molecular weight excluding hydrogens is 474 g/mol. The van der Waals surface area contributed by atoms with Crippen molar-refractivity contribution in [1.29, 1.82) is 0 Å². The minimum atomic E-state index is -0.207. The van der Waals surface area contributed by atoms with Crippen molar-refractivity contribution in [3.05, 3.63) is 69.5 Å². The first-order valence-corrected chi connectivity index (χ1v) is 13.1. The van der Waals surface area contributed by atoms with E-state index >= 15 is 0 Å². The molecule has 1 amide bonds. The number of benzene rings is 2. The van der Waals surface area contributed by atoms with E-state index in [9.17, 15) is 14.4 Å². The average Bonchev–Trinajstić information content (AvgIpc) is 3.27. The molecule has 0 fully saturated rings. The van der Waals surface area contributed by atoms with Gasteiger partial charge < -0.3 is 5.32 Å². The third-order valence-electron chi connectivity index (χ3n) is 5.76. The molecule has 0 saturated heterocycles. The second-order valence-corrected chi connectivity index (χ2v) is 10.8. The molecular formula is C27H31N5O3S. The molecule has 0 aliphatic carbocycles. The summed E-state index contributed by atoms with van der Waals surface area (Å²) in [5, 5.41) is 12.5. The molecule has 9 heteroatoms. The van der Waals surface area contributed by atoms with Crippen LogP contribution in [0.1, 0.15) is 54.0 Å². The van der Waals surface area contributed by atoms with Crippen LogP contribution in [0.25, 0.3) is 16.7 Å². The molecule has 0 spiro atoms. The van der Waals surface area contributed by atoms with E-state index in [4.69, 9.17) is 0 Å². The first-order valence-electron chi connectivity index (χ1n) is 12.1. The third-order valence-corrected chi connectivity index (χ3v) is 6.69. The van der Waals surface area contributed by atoms with Crippen molar-refractivity contribution in [3.63, 3.8) is 0 Å². The molecule has 2 heterocycles. The number of aryl methyl sites for hydroxylation is 1. The van der Waals surface area contributed by atoms with E-state index in [1.54, 1.807) is 27.2 Å². The maximum absolute atomic E-state index is 13.4. The van der Waals surface area contributed by atoms with Gasteiger partial charge in [0.25, 0.3) is 11.5 Å². The number of carbonyl (C=O) groups excluding carboxylic acids is 2. The van der Waals surface area contributed by atoms with Crippen molar-refractivity contribution in [2.75, 3.05) is 12.3 Å². The zero-order valence-corrected chi connectivity index (χ0v) is 22.1. The van der Waals surface area contributed by atoms with Gasteiger partial charge >= 0.3 is 0 Å². The number of hydrogen-bond acceptors (Lipinski definition) is 6. The highest BCUT2D eigenvalue weighted by atomic mass is 32.2. The van der Waals surface area contributed by atoms with Crippen LogP contribution in [0.15, 0.2) is 52.4 Å². The largest absolute Gasteiger partial charge is 0.352 e. The number of ketones is 1. The number of hydrogen-bond donors (Lipinski definition) is 1. The van der Waals surface area contributed by atoms with Gasteiger partial charge in [-0.3, -0.25) is 23.4 Å². The second-order valence-electron chi connectivity index (χ2n) is 9.84. The SMILES string of the molecule is Cc1ccc(C(=O)CSc2nnc3n(CC(C)C)c(=O)c4ccc(C(=O)NCC(C)C)cc4n23)cc1. The van der Waals surface area contributed by atoms with Crippen molar-refractivity contribution in [2.45, 2.75) is 46.3 Å². The highest BCUT2D eigenvalue weighted by Crippen LogP contribution is 2.24. The van der Waals surface area contributed by atoms with Gasteiger partial charge in [0.2, 0.25) is 5.78 Å². The van der Waals surface area contributed by atoms with Crippen molar-refractivity contribution in [1.82, 2.24) is 24.5 Å². The fourth-order valence-corrected chi connectivity index (χ4v) is 4.73. The fourth-order valence-electron chi connectivity index (χ4n) is 3.90. The van der Waals surface area contributed by atoms with Gasteiger partial charge in [0, 0.05) is 24.2 Å². The Morgan fingerprint density at radius 1 is 0.972 bits per heavy atom. The van der Waals surface area contributed by atoms with E-state index in [1.165, 1.54) is 11.8 Å². The van der Waals surface area contributed by atoms with Gasteiger partial charge in [0.05, 0.1) is 16.7 Å².